The quantitative estimate of drug-likeness (QED) is 0.376. The van der Waals surface area contributed by atoms with E-state index in [1.807, 2.05) is 42.5 Å². The predicted molar refractivity (Wildman–Crippen MR) is 95.0 cm³/mol. The van der Waals surface area contributed by atoms with E-state index in [1.165, 1.54) is 12.1 Å². The van der Waals surface area contributed by atoms with E-state index in [1.54, 1.807) is 24.3 Å². The number of rotatable bonds is 5. The van der Waals surface area contributed by atoms with E-state index in [2.05, 4.69) is 0 Å². The zero-order valence-corrected chi connectivity index (χ0v) is 12.9. The molecule has 0 atom stereocenters. The lowest BCUT2D eigenvalue weighted by Crippen LogP contribution is -1.96. The molecule has 0 N–H and O–H groups in total. The molecule has 0 aliphatic rings. The Morgan fingerprint density at radius 2 is 1.67 bits per heavy atom. The molecule has 0 saturated heterocycles. The van der Waals surface area contributed by atoms with Gasteiger partial charge in [0.1, 0.15) is 0 Å². The van der Waals surface area contributed by atoms with Gasteiger partial charge >= 0.3 is 0 Å². The summed E-state index contributed by atoms with van der Waals surface area (Å²) in [5, 5.41) is 12.8. The van der Waals surface area contributed by atoms with E-state index < -0.39 is 4.92 Å². The Labute approximate surface area is 139 Å². The molecule has 0 amide bonds. The number of carbonyl (C=O) groups is 1. The Morgan fingerprint density at radius 1 is 0.958 bits per heavy atom. The van der Waals surface area contributed by atoms with Crippen LogP contribution < -0.4 is 0 Å². The van der Waals surface area contributed by atoms with Crippen LogP contribution in [-0.2, 0) is 0 Å². The SMILES string of the molecule is O=C(C/C=C/c1ccc([N+](=O)[O-])cc1)c1ccc2ccccc2c1. The molecule has 4 nitrogen and oxygen atoms in total. The molecule has 0 unspecified atom stereocenters. The molecule has 0 saturated carbocycles. The fourth-order valence-electron chi connectivity index (χ4n) is 2.49. The van der Waals surface area contributed by atoms with Gasteiger partial charge in [-0.1, -0.05) is 48.6 Å². The highest BCUT2D eigenvalue weighted by atomic mass is 16.6. The fourth-order valence-corrected chi connectivity index (χ4v) is 2.49. The second-order valence-corrected chi connectivity index (χ2v) is 5.44. The minimum atomic E-state index is -0.434. The van der Waals surface area contributed by atoms with Gasteiger partial charge in [0.05, 0.1) is 4.92 Å². The summed E-state index contributed by atoms with van der Waals surface area (Å²) < 4.78 is 0. The zero-order chi connectivity index (χ0) is 16.9. The first-order valence-electron chi connectivity index (χ1n) is 7.56. The molecular formula is C20H15NO3. The Bertz CT molecular complexity index is 927. The molecule has 0 aliphatic heterocycles. The largest absolute Gasteiger partial charge is 0.294 e. The van der Waals surface area contributed by atoms with Gasteiger partial charge in [-0.15, -0.1) is 0 Å². The van der Waals surface area contributed by atoms with Gasteiger partial charge in [-0.25, -0.2) is 0 Å². The number of non-ortho nitro benzene ring substituents is 1. The predicted octanol–water partition coefficient (Wildman–Crippen LogP) is 5.03. The standard InChI is InChI=1S/C20H15NO3/c22-20(18-11-10-16-5-1-2-6-17(16)14-18)7-3-4-15-8-12-19(13-9-15)21(23)24/h1-6,8-14H,7H2/b4-3+. The van der Waals surface area contributed by atoms with Crippen molar-refractivity contribution >= 4 is 28.3 Å². The van der Waals surface area contributed by atoms with E-state index in [4.69, 9.17) is 0 Å². The molecule has 0 radical (unpaired) electrons. The normalized spacial score (nSPS) is 11.0. The van der Waals surface area contributed by atoms with E-state index in [0.29, 0.717) is 5.56 Å². The van der Waals surface area contributed by atoms with Crippen LogP contribution in [0.25, 0.3) is 16.8 Å². The number of nitrogens with zero attached hydrogens (tertiary/aromatic N) is 1. The van der Waals surface area contributed by atoms with Gasteiger partial charge in [-0.2, -0.15) is 0 Å². The number of nitro groups is 1. The molecule has 0 aliphatic carbocycles. The van der Waals surface area contributed by atoms with Crippen molar-refractivity contribution in [2.45, 2.75) is 6.42 Å². The summed E-state index contributed by atoms with van der Waals surface area (Å²) in [6, 6.07) is 19.8. The van der Waals surface area contributed by atoms with Crippen molar-refractivity contribution in [3.05, 3.63) is 94.0 Å². The second kappa shape index (κ2) is 6.87. The maximum absolute atomic E-state index is 12.3. The van der Waals surface area contributed by atoms with Crippen molar-refractivity contribution in [2.75, 3.05) is 0 Å². The Morgan fingerprint density at radius 3 is 2.38 bits per heavy atom. The highest BCUT2D eigenvalue weighted by Gasteiger charge is 2.05. The Balaban J connectivity index is 1.68. The summed E-state index contributed by atoms with van der Waals surface area (Å²) in [5.74, 6) is 0.0407. The average Bonchev–Trinajstić information content (AvgIpc) is 2.61. The van der Waals surface area contributed by atoms with Gasteiger partial charge in [0.2, 0.25) is 0 Å². The Hall–Kier alpha value is -3.27. The number of nitro benzene ring substituents is 1. The summed E-state index contributed by atoms with van der Waals surface area (Å²) in [7, 11) is 0. The maximum Gasteiger partial charge on any atom is 0.269 e. The van der Waals surface area contributed by atoms with Crippen LogP contribution in [0.5, 0.6) is 0 Å². The molecule has 0 bridgehead atoms. The number of ketones is 1. The van der Waals surface area contributed by atoms with Crippen LogP contribution in [0, 0.1) is 10.1 Å². The highest BCUT2D eigenvalue weighted by molar-refractivity contribution is 6.00. The lowest BCUT2D eigenvalue weighted by atomic mass is 10.0. The van der Waals surface area contributed by atoms with Crippen LogP contribution in [0.15, 0.2) is 72.8 Å². The molecule has 3 aromatic rings. The third-order valence-electron chi connectivity index (χ3n) is 3.79. The van der Waals surface area contributed by atoms with Gasteiger partial charge in [0.25, 0.3) is 5.69 Å². The first-order valence-corrected chi connectivity index (χ1v) is 7.56. The Kier molecular flexibility index (Phi) is 4.47. The molecule has 0 aromatic heterocycles. The number of benzene rings is 3. The number of hydrogen-bond acceptors (Lipinski definition) is 3. The molecular weight excluding hydrogens is 302 g/mol. The van der Waals surface area contributed by atoms with E-state index >= 15 is 0 Å². The molecule has 0 spiro atoms. The van der Waals surface area contributed by atoms with Crippen molar-refractivity contribution in [2.24, 2.45) is 0 Å². The first-order chi connectivity index (χ1) is 11.6. The van der Waals surface area contributed by atoms with Crippen LogP contribution >= 0.6 is 0 Å². The minimum Gasteiger partial charge on any atom is -0.294 e. The summed E-state index contributed by atoms with van der Waals surface area (Å²) in [4.78, 5) is 22.5. The van der Waals surface area contributed by atoms with Crippen LogP contribution in [-0.4, -0.2) is 10.7 Å². The number of allylic oxidation sites excluding steroid dienone is 1. The lowest BCUT2D eigenvalue weighted by molar-refractivity contribution is -0.384. The summed E-state index contributed by atoms with van der Waals surface area (Å²) in [6.07, 6.45) is 3.86. The van der Waals surface area contributed by atoms with Gasteiger partial charge < -0.3 is 0 Å². The molecule has 3 aromatic carbocycles. The molecule has 0 fully saturated rings. The third-order valence-corrected chi connectivity index (χ3v) is 3.79. The summed E-state index contributed by atoms with van der Waals surface area (Å²) in [6.45, 7) is 0. The topological polar surface area (TPSA) is 60.2 Å². The van der Waals surface area contributed by atoms with E-state index in [9.17, 15) is 14.9 Å². The van der Waals surface area contributed by atoms with Crippen molar-refractivity contribution < 1.29 is 9.72 Å². The van der Waals surface area contributed by atoms with E-state index in [-0.39, 0.29) is 17.9 Å². The smallest absolute Gasteiger partial charge is 0.269 e. The maximum atomic E-state index is 12.3. The number of carbonyl (C=O) groups excluding carboxylic acids is 1. The van der Waals surface area contributed by atoms with Crippen LogP contribution in [0.1, 0.15) is 22.3 Å². The molecule has 0 heterocycles. The lowest BCUT2D eigenvalue weighted by Gasteiger charge is -2.01. The van der Waals surface area contributed by atoms with Crippen molar-refractivity contribution in [3.8, 4) is 0 Å². The van der Waals surface area contributed by atoms with Crippen LogP contribution in [0.2, 0.25) is 0 Å². The molecule has 3 rings (SSSR count). The zero-order valence-electron chi connectivity index (χ0n) is 12.9. The summed E-state index contributed by atoms with van der Waals surface area (Å²) >= 11 is 0. The van der Waals surface area contributed by atoms with Crippen molar-refractivity contribution in [1.29, 1.82) is 0 Å². The highest BCUT2D eigenvalue weighted by Crippen LogP contribution is 2.17. The minimum absolute atomic E-state index is 0.0407. The molecule has 24 heavy (non-hydrogen) atoms. The van der Waals surface area contributed by atoms with Crippen molar-refractivity contribution in [1.82, 2.24) is 0 Å². The number of Topliss-reactive ketones (excluding diaryl/α,β-unsaturated/α-hetero) is 1. The van der Waals surface area contributed by atoms with Crippen LogP contribution in [0.3, 0.4) is 0 Å². The van der Waals surface area contributed by atoms with Gasteiger partial charge in [0, 0.05) is 24.1 Å². The number of fused-ring (bicyclic) bond motifs is 1. The average molecular weight is 317 g/mol. The monoisotopic (exact) mass is 317 g/mol. The first kappa shape index (κ1) is 15.6. The van der Waals surface area contributed by atoms with Gasteiger partial charge in [0.15, 0.2) is 5.78 Å². The van der Waals surface area contributed by atoms with Gasteiger partial charge in [-0.05, 0) is 34.5 Å². The second-order valence-electron chi connectivity index (χ2n) is 5.44. The molecule has 4 heteroatoms. The van der Waals surface area contributed by atoms with E-state index in [0.717, 1.165) is 16.3 Å². The van der Waals surface area contributed by atoms with Crippen molar-refractivity contribution in [3.63, 3.8) is 0 Å². The van der Waals surface area contributed by atoms with Gasteiger partial charge in [-0.3, -0.25) is 14.9 Å². The molecule has 118 valence electrons. The summed E-state index contributed by atoms with van der Waals surface area (Å²) in [5.41, 5.74) is 1.56. The third kappa shape index (κ3) is 3.55. The number of hydrogen-bond donors (Lipinski definition) is 0. The van der Waals surface area contributed by atoms with Crippen LogP contribution in [0.4, 0.5) is 5.69 Å². The fraction of sp³-hybridized carbons (Fsp3) is 0.0500.